The minimum absolute atomic E-state index is 0.144. The van der Waals surface area contributed by atoms with Gasteiger partial charge in [0, 0.05) is 30.3 Å². The van der Waals surface area contributed by atoms with Crippen LogP contribution in [0.5, 0.6) is 5.75 Å². The van der Waals surface area contributed by atoms with E-state index in [1.165, 1.54) is 6.33 Å². The highest BCUT2D eigenvalue weighted by molar-refractivity contribution is 5.88. The van der Waals surface area contributed by atoms with Crippen molar-refractivity contribution in [2.75, 3.05) is 32.4 Å². The highest BCUT2D eigenvalue weighted by Gasteiger charge is 2.27. The maximum Gasteiger partial charge on any atom is 0.236 e. The molecule has 0 bridgehead atoms. The van der Waals surface area contributed by atoms with Gasteiger partial charge in [0.1, 0.15) is 24.2 Å². The van der Waals surface area contributed by atoms with Gasteiger partial charge < -0.3 is 20.7 Å². The number of hydrogen-bond donors (Lipinski definition) is 2. The summed E-state index contributed by atoms with van der Waals surface area (Å²) in [4.78, 5) is 18.5. The number of piperidine rings is 1. The third-order valence-corrected chi connectivity index (χ3v) is 6.60. The number of ether oxygens (including phenoxy) is 1. The number of hydrogen-bond acceptors (Lipinski definition) is 6. The van der Waals surface area contributed by atoms with Crippen molar-refractivity contribution in [3.8, 4) is 16.9 Å². The third-order valence-electron chi connectivity index (χ3n) is 6.60. The van der Waals surface area contributed by atoms with Gasteiger partial charge in [0.05, 0.1) is 6.54 Å². The largest absolute Gasteiger partial charge is 0.489 e. The van der Waals surface area contributed by atoms with Gasteiger partial charge in [-0.1, -0.05) is 42.5 Å². The summed E-state index contributed by atoms with van der Waals surface area (Å²) in [6.45, 7) is 2.34. The van der Waals surface area contributed by atoms with E-state index in [1.807, 2.05) is 57.9 Å². The predicted molar refractivity (Wildman–Crippen MR) is 136 cm³/mol. The number of anilines is 1. The number of carbonyl (C=O) groups is 1. The Kier molecular flexibility index (Phi) is 6.63. The summed E-state index contributed by atoms with van der Waals surface area (Å²) >= 11 is 0. The van der Waals surface area contributed by atoms with E-state index in [1.54, 1.807) is 7.05 Å². The van der Waals surface area contributed by atoms with E-state index in [-0.39, 0.29) is 11.8 Å². The van der Waals surface area contributed by atoms with Crippen molar-refractivity contribution >= 4 is 17.2 Å². The average molecular weight is 471 g/mol. The smallest absolute Gasteiger partial charge is 0.236 e. The van der Waals surface area contributed by atoms with Crippen LogP contribution in [0.4, 0.5) is 5.82 Å². The number of carbonyl (C=O) groups excluding carboxylic acids is 1. The fourth-order valence-corrected chi connectivity index (χ4v) is 4.79. The second-order valence-electron chi connectivity index (χ2n) is 8.88. The Hall–Kier alpha value is -3.91. The van der Waals surface area contributed by atoms with Crippen LogP contribution in [0.25, 0.3) is 16.6 Å². The molecule has 1 fully saturated rings. The average Bonchev–Trinajstić information content (AvgIpc) is 3.30. The molecule has 2 aromatic carbocycles. The van der Waals surface area contributed by atoms with E-state index in [9.17, 15) is 4.79 Å². The van der Waals surface area contributed by atoms with Crippen molar-refractivity contribution in [3.05, 3.63) is 78.2 Å². The third kappa shape index (κ3) is 4.83. The van der Waals surface area contributed by atoms with Gasteiger partial charge in [0.25, 0.3) is 0 Å². The summed E-state index contributed by atoms with van der Waals surface area (Å²) in [5.41, 5.74) is 11.3. The van der Waals surface area contributed by atoms with Crippen LogP contribution in [0.15, 0.2) is 67.0 Å². The van der Waals surface area contributed by atoms with Crippen molar-refractivity contribution in [2.45, 2.75) is 25.4 Å². The molecular formula is C27H30N6O2. The van der Waals surface area contributed by atoms with Crippen molar-refractivity contribution in [3.63, 3.8) is 0 Å². The number of benzene rings is 2. The molecule has 0 radical (unpaired) electrons. The Labute approximate surface area is 204 Å². The fourth-order valence-electron chi connectivity index (χ4n) is 4.79. The zero-order valence-electron chi connectivity index (χ0n) is 19.9. The number of aromatic nitrogens is 3. The molecule has 35 heavy (non-hydrogen) atoms. The van der Waals surface area contributed by atoms with Gasteiger partial charge in [0.2, 0.25) is 5.91 Å². The topological polar surface area (TPSA) is 97.8 Å². The molecule has 3 N–H and O–H groups in total. The van der Waals surface area contributed by atoms with Crippen molar-refractivity contribution < 1.29 is 9.53 Å². The Morgan fingerprint density at radius 2 is 1.91 bits per heavy atom. The monoisotopic (exact) mass is 470 g/mol. The van der Waals surface area contributed by atoms with Crippen LogP contribution in [-0.4, -0.2) is 52.1 Å². The lowest BCUT2D eigenvalue weighted by atomic mass is 9.93. The van der Waals surface area contributed by atoms with E-state index < -0.39 is 0 Å². The first-order valence-corrected chi connectivity index (χ1v) is 12.0. The molecule has 2 aromatic heterocycles. The standard InChI is InChI=1S/C27H30N6O2/c1-29-16-25(34)32-12-10-20(11-13-32)24-15-23(26-27(28)30-18-31-33(24)26)21-8-5-9-22(14-21)35-17-19-6-3-2-4-7-19/h2-9,14-15,18,20,29H,10-13,16-17H2,1H3,(H2,28,30,31). The Morgan fingerprint density at radius 3 is 2.69 bits per heavy atom. The molecular weight excluding hydrogens is 440 g/mol. The van der Waals surface area contributed by atoms with Gasteiger partial charge in [-0.05, 0) is 49.2 Å². The molecule has 180 valence electrons. The van der Waals surface area contributed by atoms with Gasteiger partial charge in [-0.2, -0.15) is 5.10 Å². The lowest BCUT2D eigenvalue weighted by Gasteiger charge is -2.31. The van der Waals surface area contributed by atoms with Crippen LogP contribution in [-0.2, 0) is 11.4 Å². The molecule has 0 aliphatic carbocycles. The zero-order valence-corrected chi connectivity index (χ0v) is 19.9. The van der Waals surface area contributed by atoms with Gasteiger partial charge >= 0.3 is 0 Å². The van der Waals surface area contributed by atoms with Crippen LogP contribution in [0.1, 0.15) is 30.0 Å². The summed E-state index contributed by atoms with van der Waals surface area (Å²) in [6.07, 6.45) is 3.26. The molecule has 0 spiro atoms. The number of fused-ring (bicyclic) bond motifs is 1. The van der Waals surface area contributed by atoms with E-state index in [4.69, 9.17) is 10.5 Å². The maximum absolute atomic E-state index is 12.3. The van der Waals surface area contributed by atoms with Crippen LogP contribution in [0.3, 0.4) is 0 Å². The van der Waals surface area contributed by atoms with Crippen molar-refractivity contribution in [2.24, 2.45) is 0 Å². The highest BCUT2D eigenvalue weighted by atomic mass is 16.5. The fraction of sp³-hybridized carbons (Fsp3) is 0.296. The first-order valence-electron chi connectivity index (χ1n) is 12.0. The van der Waals surface area contributed by atoms with Crippen LogP contribution in [0.2, 0.25) is 0 Å². The van der Waals surface area contributed by atoms with Gasteiger partial charge in [-0.15, -0.1) is 0 Å². The Balaban J connectivity index is 1.42. The molecule has 1 saturated heterocycles. The van der Waals surface area contributed by atoms with Gasteiger partial charge in [-0.3, -0.25) is 4.79 Å². The lowest BCUT2D eigenvalue weighted by molar-refractivity contribution is -0.131. The number of likely N-dealkylation sites (tertiary alicyclic amines) is 1. The minimum atomic E-state index is 0.144. The predicted octanol–water partition coefficient (Wildman–Crippen LogP) is 3.48. The number of amides is 1. The molecule has 1 aliphatic rings. The quantitative estimate of drug-likeness (QED) is 0.429. The maximum atomic E-state index is 12.3. The Morgan fingerprint density at radius 1 is 1.11 bits per heavy atom. The summed E-state index contributed by atoms with van der Waals surface area (Å²) in [7, 11) is 1.80. The minimum Gasteiger partial charge on any atom is -0.489 e. The van der Waals surface area contributed by atoms with Gasteiger partial charge in [0.15, 0.2) is 5.82 Å². The van der Waals surface area contributed by atoms with Gasteiger partial charge in [-0.25, -0.2) is 9.50 Å². The van der Waals surface area contributed by atoms with E-state index in [0.29, 0.717) is 19.0 Å². The molecule has 8 nitrogen and oxygen atoms in total. The van der Waals surface area contributed by atoms with Crippen LogP contribution < -0.4 is 15.8 Å². The highest BCUT2D eigenvalue weighted by Crippen LogP contribution is 2.37. The summed E-state index contributed by atoms with van der Waals surface area (Å²) < 4.78 is 7.98. The summed E-state index contributed by atoms with van der Waals surface area (Å²) in [5, 5.41) is 7.50. The molecule has 8 heteroatoms. The van der Waals surface area contributed by atoms with Crippen molar-refractivity contribution in [1.29, 1.82) is 0 Å². The molecule has 4 aromatic rings. The second kappa shape index (κ2) is 10.1. The molecule has 0 saturated carbocycles. The molecule has 0 unspecified atom stereocenters. The second-order valence-corrected chi connectivity index (χ2v) is 8.88. The normalized spacial score (nSPS) is 14.4. The number of nitrogens with one attached hydrogen (secondary N) is 1. The molecule has 1 amide bonds. The molecule has 0 atom stereocenters. The molecule has 1 aliphatic heterocycles. The number of nitrogen functional groups attached to an aromatic ring is 1. The molecule has 3 heterocycles. The number of nitrogens with zero attached hydrogens (tertiary/aromatic N) is 4. The van der Waals surface area contributed by atoms with Crippen molar-refractivity contribution in [1.82, 2.24) is 24.8 Å². The van der Waals surface area contributed by atoms with E-state index >= 15 is 0 Å². The van der Waals surface area contributed by atoms with E-state index in [2.05, 4.69) is 27.5 Å². The van der Waals surface area contributed by atoms with Crippen LogP contribution >= 0.6 is 0 Å². The zero-order chi connectivity index (χ0) is 24.2. The first kappa shape index (κ1) is 22.9. The summed E-state index contributed by atoms with van der Waals surface area (Å²) in [5.74, 6) is 1.66. The number of nitrogens with two attached hydrogens (primary N) is 1. The number of rotatable bonds is 7. The molecule has 5 rings (SSSR count). The lowest BCUT2D eigenvalue weighted by Crippen LogP contribution is -2.42. The SMILES string of the molecule is CNCC(=O)N1CCC(c2cc(-c3cccc(OCc4ccccc4)c3)c3c(N)ncnn23)CC1. The van der Waals surface area contributed by atoms with Crippen LogP contribution in [0, 0.1) is 0 Å². The Bertz CT molecular complexity index is 1310. The first-order chi connectivity index (χ1) is 17.1. The summed E-state index contributed by atoms with van der Waals surface area (Å²) in [6, 6.07) is 20.3. The van der Waals surface area contributed by atoms with E-state index in [0.717, 1.165) is 59.6 Å². The number of likely N-dealkylation sites (N-methyl/N-ethyl adjacent to an activating group) is 1.